The lowest BCUT2D eigenvalue weighted by Crippen LogP contribution is -2.31. The molecular formula is C10H21NO. The molecule has 1 rings (SSSR count). The molecule has 1 aliphatic heterocycles. The third-order valence-electron chi connectivity index (χ3n) is 3.15. The smallest absolute Gasteiger partial charge is 0.0552 e. The summed E-state index contributed by atoms with van der Waals surface area (Å²) >= 11 is 0. The Kier molecular flexibility index (Phi) is 3.53. The van der Waals surface area contributed by atoms with E-state index in [2.05, 4.69) is 18.7 Å². The molecule has 0 aliphatic carbocycles. The molecule has 3 atom stereocenters. The highest BCUT2D eigenvalue weighted by Gasteiger charge is 2.27. The summed E-state index contributed by atoms with van der Waals surface area (Å²) in [6.45, 7) is 8.66. The van der Waals surface area contributed by atoms with Crippen LogP contribution in [0.2, 0.25) is 0 Å². The van der Waals surface area contributed by atoms with E-state index in [1.165, 1.54) is 19.4 Å². The van der Waals surface area contributed by atoms with E-state index in [1.807, 2.05) is 6.92 Å². The Labute approximate surface area is 75.6 Å². The zero-order valence-corrected chi connectivity index (χ0v) is 8.45. The molecule has 1 fully saturated rings. The zero-order valence-electron chi connectivity index (χ0n) is 8.45. The predicted octanol–water partition coefficient (Wildman–Crippen LogP) is 1.49. The summed E-state index contributed by atoms with van der Waals surface area (Å²) in [5.41, 5.74) is 0. The van der Waals surface area contributed by atoms with Crippen molar-refractivity contribution in [2.24, 2.45) is 5.92 Å². The number of rotatable bonds is 3. The summed E-state index contributed by atoms with van der Waals surface area (Å²) in [6, 6.07) is 0.689. The molecule has 0 radical (unpaired) electrons. The highest BCUT2D eigenvalue weighted by Crippen LogP contribution is 2.22. The van der Waals surface area contributed by atoms with Crippen LogP contribution in [-0.2, 0) is 0 Å². The molecule has 1 N–H and O–H groups in total. The fraction of sp³-hybridized carbons (Fsp3) is 1.00. The second-order valence-electron chi connectivity index (χ2n) is 4.04. The Morgan fingerprint density at radius 1 is 1.50 bits per heavy atom. The van der Waals surface area contributed by atoms with Gasteiger partial charge < -0.3 is 10.0 Å². The highest BCUT2D eigenvalue weighted by atomic mass is 16.3. The molecule has 1 heterocycles. The van der Waals surface area contributed by atoms with Crippen molar-refractivity contribution in [3.05, 3.63) is 0 Å². The molecule has 0 aromatic rings. The number of hydrogen-bond acceptors (Lipinski definition) is 2. The summed E-state index contributed by atoms with van der Waals surface area (Å²) in [4.78, 5) is 2.48. The van der Waals surface area contributed by atoms with E-state index in [4.69, 9.17) is 0 Å². The van der Waals surface area contributed by atoms with Crippen LogP contribution in [0.1, 0.15) is 33.6 Å². The van der Waals surface area contributed by atoms with Crippen LogP contribution in [0.15, 0.2) is 0 Å². The van der Waals surface area contributed by atoms with Gasteiger partial charge in [0.1, 0.15) is 0 Å². The van der Waals surface area contributed by atoms with E-state index >= 15 is 0 Å². The van der Waals surface area contributed by atoms with Crippen LogP contribution >= 0.6 is 0 Å². The van der Waals surface area contributed by atoms with Gasteiger partial charge in [-0.3, -0.25) is 0 Å². The monoisotopic (exact) mass is 171 g/mol. The minimum atomic E-state index is -0.126. The number of hydrogen-bond donors (Lipinski definition) is 1. The van der Waals surface area contributed by atoms with Gasteiger partial charge in [-0.2, -0.15) is 0 Å². The summed E-state index contributed by atoms with van der Waals surface area (Å²) in [5.74, 6) is 0.513. The first kappa shape index (κ1) is 10.0. The Morgan fingerprint density at radius 2 is 2.17 bits per heavy atom. The molecule has 1 aliphatic rings. The average Bonchev–Trinajstić information content (AvgIpc) is 2.51. The van der Waals surface area contributed by atoms with Crippen molar-refractivity contribution in [2.75, 3.05) is 13.1 Å². The lowest BCUT2D eigenvalue weighted by Gasteiger charge is -2.23. The molecule has 2 heteroatoms. The standard InChI is InChI=1S/C10H21NO/c1-4-8(2)11-6-5-10(7-11)9(3)12/h8-10,12H,4-7H2,1-3H3. The van der Waals surface area contributed by atoms with Gasteiger partial charge in [0, 0.05) is 12.6 Å². The Hall–Kier alpha value is -0.0800. The lowest BCUT2D eigenvalue weighted by atomic mass is 10.0. The Bertz CT molecular complexity index is 136. The van der Waals surface area contributed by atoms with Gasteiger partial charge in [-0.25, -0.2) is 0 Å². The van der Waals surface area contributed by atoms with E-state index in [-0.39, 0.29) is 6.10 Å². The SMILES string of the molecule is CCC(C)N1CCC(C(C)O)C1. The molecule has 0 spiro atoms. The van der Waals surface area contributed by atoms with Crippen molar-refractivity contribution >= 4 is 0 Å². The van der Waals surface area contributed by atoms with E-state index in [0.29, 0.717) is 12.0 Å². The maximum Gasteiger partial charge on any atom is 0.0552 e. The molecule has 0 aromatic carbocycles. The number of aliphatic hydroxyl groups is 1. The van der Waals surface area contributed by atoms with Gasteiger partial charge in [-0.15, -0.1) is 0 Å². The molecule has 0 aromatic heterocycles. The molecule has 72 valence electrons. The van der Waals surface area contributed by atoms with Gasteiger partial charge in [0.05, 0.1) is 6.10 Å². The predicted molar refractivity (Wildman–Crippen MR) is 51.1 cm³/mol. The summed E-state index contributed by atoms with van der Waals surface area (Å²) in [6.07, 6.45) is 2.26. The molecule has 12 heavy (non-hydrogen) atoms. The second kappa shape index (κ2) is 4.24. The van der Waals surface area contributed by atoms with Gasteiger partial charge in [0.15, 0.2) is 0 Å². The maximum atomic E-state index is 9.40. The molecular weight excluding hydrogens is 150 g/mol. The first-order valence-corrected chi connectivity index (χ1v) is 5.07. The van der Waals surface area contributed by atoms with Crippen molar-refractivity contribution in [1.29, 1.82) is 0 Å². The molecule has 0 saturated carbocycles. The first-order valence-electron chi connectivity index (χ1n) is 5.07. The van der Waals surface area contributed by atoms with Crippen LogP contribution in [-0.4, -0.2) is 35.2 Å². The number of likely N-dealkylation sites (tertiary alicyclic amines) is 1. The highest BCUT2D eigenvalue weighted by molar-refractivity contribution is 4.81. The summed E-state index contributed by atoms with van der Waals surface area (Å²) in [5, 5.41) is 9.40. The van der Waals surface area contributed by atoms with Crippen molar-refractivity contribution in [3.63, 3.8) is 0 Å². The van der Waals surface area contributed by atoms with Gasteiger partial charge in [0.25, 0.3) is 0 Å². The molecule has 2 nitrogen and oxygen atoms in total. The normalized spacial score (nSPS) is 30.5. The molecule has 0 bridgehead atoms. The maximum absolute atomic E-state index is 9.40. The van der Waals surface area contributed by atoms with Crippen LogP contribution in [0.4, 0.5) is 0 Å². The average molecular weight is 171 g/mol. The van der Waals surface area contributed by atoms with Crippen LogP contribution in [0.5, 0.6) is 0 Å². The Balaban J connectivity index is 2.35. The van der Waals surface area contributed by atoms with Crippen LogP contribution in [0, 0.1) is 5.92 Å². The quantitative estimate of drug-likeness (QED) is 0.695. The fourth-order valence-electron chi connectivity index (χ4n) is 1.87. The summed E-state index contributed by atoms with van der Waals surface area (Å²) < 4.78 is 0. The second-order valence-corrected chi connectivity index (χ2v) is 4.04. The molecule has 1 saturated heterocycles. The van der Waals surface area contributed by atoms with E-state index < -0.39 is 0 Å². The fourth-order valence-corrected chi connectivity index (χ4v) is 1.87. The van der Waals surface area contributed by atoms with Gasteiger partial charge in [-0.05, 0) is 39.2 Å². The van der Waals surface area contributed by atoms with Gasteiger partial charge >= 0.3 is 0 Å². The van der Waals surface area contributed by atoms with Crippen molar-refractivity contribution in [1.82, 2.24) is 4.90 Å². The third-order valence-corrected chi connectivity index (χ3v) is 3.15. The lowest BCUT2D eigenvalue weighted by molar-refractivity contribution is 0.123. The Morgan fingerprint density at radius 3 is 2.58 bits per heavy atom. The van der Waals surface area contributed by atoms with Crippen LogP contribution in [0.3, 0.4) is 0 Å². The van der Waals surface area contributed by atoms with Crippen molar-refractivity contribution in [3.8, 4) is 0 Å². The molecule has 0 amide bonds. The molecule has 3 unspecified atom stereocenters. The number of nitrogens with zero attached hydrogens (tertiary/aromatic N) is 1. The van der Waals surface area contributed by atoms with E-state index in [1.54, 1.807) is 0 Å². The van der Waals surface area contributed by atoms with Crippen molar-refractivity contribution < 1.29 is 5.11 Å². The zero-order chi connectivity index (χ0) is 9.14. The van der Waals surface area contributed by atoms with E-state index in [9.17, 15) is 5.11 Å². The van der Waals surface area contributed by atoms with E-state index in [0.717, 1.165) is 6.54 Å². The number of aliphatic hydroxyl groups excluding tert-OH is 1. The van der Waals surface area contributed by atoms with Crippen LogP contribution < -0.4 is 0 Å². The third kappa shape index (κ3) is 2.20. The first-order chi connectivity index (χ1) is 5.65. The van der Waals surface area contributed by atoms with Gasteiger partial charge in [-0.1, -0.05) is 6.92 Å². The van der Waals surface area contributed by atoms with Crippen molar-refractivity contribution in [2.45, 2.75) is 45.8 Å². The van der Waals surface area contributed by atoms with Crippen LogP contribution in [0.25, 0.3) is 0 Å². The summed E-state index contributed by atoms with van der Waals surface area (Å²) in [7, 11) is 0. The minimum Gasteiger partial charge on any atom is -0.393 e. The largest absolute Gasteiger partial charge is 0.393 e. The minimum absolute atomic E-state index is 0.126. The van der Waals surface area contributed by atoms with Gasteiger partial charge in [0.2, 0.25) is 0 Å². The topological polar surface area (TPSA) is 23.5 Å².